The van der Waals surface area contributed by atoms with Crippen LogP contribution < -0.4 is 5.32 Å². The average molecular weight is 227 g/mol. The molecule has 1 N–H and O–H groups in total. The molecule has 0 aliphatic rings. The van der Waals surface area contributed by atoms with Gasteiger partial charge >= 0.3 is 0 Å². The number of thiophene rings is 1. The molecule has 1 unspecified atom stereocenters. The zero-order valence-corrected chi connectivity index (χ0v) is 11.1. The van der Waals surface area contributed by atoms with E-state index in [0.717, 1.165) is 6.42 Å². The van der Waals surface area contributed by atoms with E-state index in [9.17, 15) is 0 Å². The Morgan fingerprint density at radius 2 is 2.13 bits per heavy atom. The minimum Gasteiger partial charge on any atom is -0.379 e. The minimum absolute atomic E-state index is 0.0778. The Labute approximate surface area is 96.7 Å². The molecule has 0 bridgehead atoms. The Morgan fingerprint density at radius 3 is 2.53 bits per heavy atom. The average Bonchev–Trinajstić information content (AvgIpc) is 2.61. The number of ether oxygens (including phenoxy) is 1. The van der Waals surface area contributed by atoms with E-state index in [1.165, 1.54) is 9.75 Å². The number of rotatable bonds is 5. The fraction of sp³-hybridized carbons (Fsp3) is 0.667. The molecule has 0 aromatic carbocycles. The summed E-state index contributed by atoms with van der Waals surface area (Å²) in [6.07, 6.45) is 0.986. The molecule has 2 nitrogen and oxygen atoms in total. The molecule has 0 aliphatic heterocycles. The molecular weight excluding hydrogens is 206 g/mol. The van der Waals surface area contributed by atoms with E-state index in [1.54, 1.807) is 7.11 Å². The van der Waals surface area contributed by atoms with Crippen molar-refractivity contribution in [3.05, 3.63) is 21.9 Å². The fourth-order valence-corrected chi connectivity index (χ4v) is 2.55. The Morgan fingerprint density at radius 1 is 1.47 bits per heavy atom. The third-order valence-electron chi connectivity index (χ3n) is 2.70. The van der Waals surface area contributed by atoms with Gasteiger partial charge in [0.05, 0.1) is 5.60 Å². The van der Waals surface area contributed by atoms with Gasteiger partial charge in [0.2, 0.25) is 0 Å². The lowest BCUT2D eigenvalue weighted by molar-refractivity contribution is 0.00773. The maximum Gasteiger partial charge on any atom is 0.0641 e. The van der Waals surface area contributed by atoms with Gasteiger partial charge in [-0.3, -0.25) is 0 Å². The molecule has 1 heterocycles. The topological polar surface area (TPSA) is 21.3 Å². The summed E-state index contributed by atoms with van der Waals surface area (Å²) in [4.78, 5) is 2.75. The van der Waals surface area contributed by atoms with Gasteiger partial charge in [0.1, 0.15) is 0 Å². The van der Waals surface area contributed by atoms with E-state index in [1.807, 2.05) is 18.4 Å². The highest BCUT2D eigenvalue weighted by Crippen LogP contribution is 2.30. The Kier molecular flexibility index (Phi) is 4.32. The molecule has 1 aromatic rings. The molecule has 0 saturated carbocycles. The van der Waals surface area contributed by atoms with E-state index in [0.29, 0.717) is 6.04 Å². The van der Waals surface area contributed by atoms with Crippen molar-refractivity contribution >= 4 is 11.3 Å². The standard InChI is InChI=1S/C12H21NOS/c1-9-6-7-11(15-9)10(13-4)8-12(2,3)14-5/h6-7,10,13H,8H2,1-5H3. The molecule has 0 fully saturated rings. The predicted octanol–water partition coefficient (Wildman–Crippen LogP) is 3.13. The third-order valence-corrected chi connectivity index (χ3v) is 3.82. The normalized spacial score (nSPS) is 14.2. The van der Waals surface area contributed by atoms with E-state index in [4.69, 9.17) is 4.74 Å². The maximum atomic E-state index is 5.46. The van der Waals surface area contributed by atoms with E-state index in [-0.39, 0.29) is 5.60 Å². The van der Waals surface area contributed by atoms with Crippen molar-refractivity contribution < 1.29 is 4.74 Å². The summed E-state index contributed by atoms with van der Waals surface area (Å²) in [5.74, 6) is 0. The Balaban J connectivity index is 2.72. The first-order chi connectivity index (χ1) is 6.98. The molecule has 1 atom stereocenters. The number of aryl methyl sites for hydroxylation is 1. The van der Waals surface area contributed by atoms with Gasteiger partial charge in [-0.1, -0.05) is 0 Å². The molecule has 0 amide bonds. The summed E-state index contributed by atoms with van der Waals surface area (Å²) in [5.41, 5.74) is -0.0778. The number of hydrogen-bond acceptors (Lipinski definition) is 3. The van der Waals surface area contributed by atoms with Crippen LogP contribution in [-0.4, -0.2) is 19.8 Å². The van der Waals surface area contributed by atoms with Crippen LogP contribution in [0.2, 0.25) is 0 Å². The summed E-state index contributed by atoms with van der Waals surface area (Å²) in [5, 5.41) is 3.35. The van der Waals surface area contributed by atoms with Gasteiger partial charge in [0, 0.05) is 22.9 Å². The highest BCUT2D eigenvalue weighted by Gasteiger charge is 2.23. The summed E-state index contributed by atoms with van der Waals surface area (Å²) in [6.45, 7) is 6.39. The van der Waals surface area contributed by atoms with Crippen molar-refractivity contribution in [3.8, 4) is 0 Å². The molecule has 86 valence electrons. The summed E-state index contributed by atoms with van der Waals surface area (Å²) in [7, 11) is 3.78. The molecule has 1 aromatic heterocycles. The molecular formula is C12H21NOS. The highest BCUT2D eigenvalue weighted by molar-refractivity contribution is 7.12. The van der Waals surface area contributed by atoms with Crippen LogP contribution in [0.5, 0.6) is 0 Å². The van der Waals surface area contributed by atoms with Crippen LogP contribution in [0.1, 0.15) is 36.1 Å². The lowest BCUT2D eigenvalue weighted by atomic mass is 9.98. The smallest absolute Gasteiger partial charge is 0.0641 e. The first-order valence-corrected chi connectivity index (χ1v) is 6.09. The van der Waals surface area contributed by atoms with Gasteiger partial charge in [-0.05, 0) is 46.4 Å². The fourth-order valence-electron chi connectivity index (χ4n) is 1.56. The van der Waals surface area contributed by atoms with Crippen LogP contribution in [0.3, 0.4) is 0 Å². The summed E-state index contributed by atoms with van der Waals surface area (Å²) < 4.78 is 5.46. The van der Waals surface area contributed by atoms with E-state index >= 15 is 0 Å². The molecule has 0 spiro atoms. The first kappa shape index (κ1) is 12.7. The quantitative estimate of drug-likeness (QED) is 0.834. The second-order valence-electron chi connectivity index (χ2n) is 4.46. The lowest BCUT2D eigenvalue weighted by Crippen LogP contribution is -2.30. The SMILES string of the molecule is CNC(CC(C)(C)OC)c1ccc(C)s1. The third kappa shape index (κ3) is 3.59. The molecule has 15 heavy (non-hydrogen) atoms. The molecule has 3 heteroatoms. The molecule has 0 saturated heterocycles. The Hall–Kier alpha value is -0.380. The van der Waals surface area contributed by atoms with Crippen molar-refractivity contribution in [1.82, 2.24) is 5.32 Å². The van der Waals surface area contributed by atoms with Crippen molar-refractivity contribution in [3.63, 3.8) is 0 Å². The number of hydrogen-bond donors (Lipinski definition) is 1. The van der Waals surface area contributed by atoms with Gasteiger partial charge in [-0.25, -0.2) is 0 Å². The Bertz CT molecular complexity index is 306. The zero-order valence-electron chi connectivity index (χ0n) is 10.3. The van der Waals surface area contributed by atoms with Crippen LogP contribution in [0, 0.1) is 6.92 Å². The zero-order chi connectivity index (χ0) is 11.5. The van der Waals surface area contributed by atoms with Crippen molar-refractivity contribution in [2.24, 2.45) is 0 Å². The van der Waals surface area contributed by atoms with Crippen LogP contribution in [-0.2, 0) is 4.74 Å². The first-order valence-electron chi connectivity index (χ1n) is 5.27. The van der Waals surface area contributed by atoms with Gasteiger partial charge in [0.15, 0.2) is 0 Å². The monoisotopic (exact) mass is 227 g/mol. The molecule has 1 rings (SSSR count). The van der Waals surface area contributed by atoms with Crippen LogP contribution in [0.15, 0.2) is 12.1 Å². The van der Waals surface area contributed by atoms with Crippen molar-refractivity contribution in [2.75, 3.05) is 14.2 Å². The lowest BCUT2D eigenvalue weighted by Gasteiger charge is -2.27. The number of methoxy groups -OCH3 is 1. The largest absolute Gasteiger partial charge is 0.379 e. The maximum absolute atomic E-state index is 5.46. The number of nitrogens with one attached hydrogen (secondary N) is 1. The van der Waals surface area contributed by atoms with Crippen LogP contribution in [0.4, 0.5) is 0 Å². The van der Waals surface area contributed by atoms with Gasteiger partial charge in [-0.2, -0.15) is 0 Å². The predicted molar refractivity (Wildman–Crippen MR) is 66.6 cm³/mol. The van der Waals surface area contributed by atoms with Crippen LogP contribution >= 0.6 is 11.3 Å². The molecule has 0 radical (unpaired) electrons. The van der Waals surface area contributed by atoms with E-state index < -0.39 is 0 Å². The summed E-state index contributed by atoms with van der Waals surface area (Å²) in [6, 6.07) is 4.76. The second-order valence-corrected chi connectivity index (χ2v) is 5.78. The minimum atomic E-state index is -0.0778. The van der Waals surface area contributed by atoms with Crippen molar-refractivity contribution in [2.45, 2.75) is 38.8 Å². The van der Waals surface area contributed by atoms with Crippen LogP contribution in [0.25, 0.3) is 0 Å². The van der Waals surface area contributed by atoms with Gasteiger partial charge in [0.25, 0.3) is 0 Å². The summed E-state index contributed by atoms with van der Waals surface area (Å²) >= 11 is 1.85. The second kappa shape index (κ2) is 5.10. The van der Waals surface area contributed by atoms with Gasteiger partial charge < -0.3 is 10.1 Å². The van der Waals surface area contributed by atoms with Gasteiger partial charge in [-0.15, -0.1) is 11.3 Å². The van der Waals surface area contributed by atoms with Crippen molar-refractivity contribution in [1.29, 1.82) is 0 Å². The molecule has 0 aliphatic carbocycles. The highest BCUT2D eigenvalue weighted by atomic mass is 32.1. The van der Waals surface area contributed by atoms with E-state index in [2.05, 4.69) is 38.2 Å².